The van der Waals surface area contributed by atoms with Gasteiger partial charge in [0.15, 0.2) is 0 Å². The lowest BCUT2D eigenvalue weighted by Gasteiger charge is -2.37. The molecule has 1 fully saturated rings. The summed E-state index contributed by atoms with van der Waals surface area (Å²) in [6.07, 6.45) is 2.12. The second-order valence-corrected chi connectivity index (χ2v) is 6.03. The van der Waals surface area contributed by atoms with Crippen molar-refractivity contribution in [2.24, 2.45) is 5.92 Å². The molecular weight excluding hydrogens is 264 g/mol. The second kappa shape index (κ2) is 6.94. The van der Waals surface area contributed by atoms with Gasteiger partial charge in [-0.25, -0.2) is 0 Å². The van der Waals surface area contributed by atoms with E-state index in [2.05, 4.69) is 19.2 Å². The molecule has 2 rings (SSSR count). The molecule has 0 aliphatic carbocycles. The number of rotatable bonds is 4. The van der Waals surface area contributed by atoms with Crippen LogP contribution in [0.15, 0.2) is 18.2 Å². The normalized spacial score (nSPS) is 22.3. The fourth-order valence-electron chi connectivity index (χ4n) is 2.99. The Morgan fingerprint density at radius 2 is 2.24 bits per heavy atom. The van der Waals surface area contributed by atoms with Crippen molar-refractivity contribution in [3.8, 4) is 5.75 Å². The first kappa shape index (κ1) is 15.8. The minimum atomic E-state index is 0.0317. The van der Waals surface area contributed by atoms with E-state index in [0.717, 1.165) is 32.5 Å². The van der Waals surface area contributed by atoms with Crippen LogP contribution in [0.2, 0.25) is 0 Å². The molecule has 4 nitrogen and oxygen atoms in total. The van der Waals surface area contributed by atoms with Crippen molar-refractivity contribution in [2.45, 2.75) is 39.7 Å². The van der Waals surface area contributed by atoms with Gasteiger partial charge in [0, 0.05) is 30.3 Å². The monoisotopic (exact) mass is 290 g/mol. The van der Waals surface area contributed by atoms with Crippen LogP contribution in [0, 0.1) is 12.8 Å². The molecule has 1 heterocycles. The van der Waals surface area contributed by atoms with Crippen molar-refractivity contribution < 1.29 is 9.90 Å². The van der Waals surface area contributed by atoms with E-state index < -0.39 is 0 Å². The first-order valence-electron chi connectivity index (χ1n) is 7.85. The van der Waals surface area contributed by atoms with Crippen molar-refractivity contribution in [3.05, 3.63) is 29.3 Å². The Morgan fingerprint density at radius 3 is 2.90 bits per heavy atom. The van der Waals surface area contributed by atoms with E-state index >= 15 is 0 Å². The summed E-state index contributed by atoms with van der Waals surface area (Å²) in [6.45, 7) is 8.74. The Bertz CT molecular complexity index is 502. The van der Waals surface area contributed by atoms with E-state index in [-0.39, 0.29) is 11.7 Å². The number of carbonyl (C=O) groups is 1. The first-order valence-corrected chi connectivity index (χ1v) is 7.85. The third-order valence-corrected chi connectivity index (χ3v) is 4.38. The number of hydrogen-bond acceptors (Lipinski definition) is 3. The Hall–Kier alpha value is -1.55. The molecule has 1 amide bonds. The maximum absolute atomic E-state index is 12.6. The van der Waals surface area contributed by atoms with Gasteiger partial charge in [-0.3, -0.25) is 4.79 Å². The molecule has 0 saturated carbocycles. The molecule has 0 radical (unpaired) electrons. The van der Waals surface area contributed by atoms with E-state index in [1.807, 2.05) is 4.90 Å². The lowest BCUT2D eigenvalue weighted by atomic mass is 9.93. The number of phenolic OH excluding ortho intramolecular Hbond substituents is 1. The molecule has 0 spiro atoms. The Labute approximate surface area is 127 Å². The predicted octanol–water partition coefficient (Wildman–Crippen LogP) is 2.55. The highest BCUT2D eigenvalue weighted by Crippen LogP contribution is 2.24. The molecule has 116 valence electrons. The van der Waals surface area contributed by atoms with Crippen LogP contribution in [-0.2, 0) is 0 Å². The van der Waals surface area contributed by atoms with E-state index in [1.165, 1.54) is 0 Å². The summed E-state index contributed by atoms with van der Waals surface area (Å²) in [7, 11) is 0. The van der Waals surface area contributed by atoms with Crippen molar-refractivity contribution in [2.75, 3.05) is 19.6 Å². The summed E-state index contributed by atoms with van der Waals surface area (Å²) in [5, 5.41) is 13.3. The number of piperidine rings is 1. The summed E-state index contributed by atoms with van der Waals surface area (Å²) in [5.74, 6) is 0.671. The molecule has 21 heavy (non-hydrogen) atoms. The van der Waals surface area contributed by atoms with Gasteiger partial charge in [0.05, 0.1) is 0 Å². The molecule has 2 atom stereocenters. The van der Waals surface area contributed by atoms with Gasteiger partial charge in [0.2, 0.25) is 0 Å². The van der Waals surface area contributed by atoms with Gasteiger partial charge in [0.25, 0.3) is 5.91 Å². The average Bonchev–Trinajstić information content (AvgIpc) is 2.48. The summed E-state index contributed by atoms with van der Waals surface area (Å²) in [5.41, 5.74) is 1.28. The first-order chi connectivity index (χ1) is 10.0. The topological polar surface area (TPSA) is 52.6 Å². The Morgan fingerprint density at radius 1 is 1.48 bits per heavy atom. The number of nitrogens with one attached hydrogen (secondary N) is 1. The van der Waals surface area contributed by atoms with Gasteiger partial charge in [-0.1, -0.05) is 19.9 Å². The van der Waals surface area contributed by atoms with Crippen molar-refractivity contribution in [3.63, 3.8) is 0 Å². The highest BCUT2D eigenvalue weighted by atomic mass is 16.3. The molecule has 2 N–H and O–H groups in total. The summed E-state index contributed by atoms with van der Waals surface area (Å²) in [4.78, 5) is 14.5. The lowest BCUT2D eigenvalue weighted by molar-refractivity contribution is 0.0644. The van der Waals surface area contributed by atoms with Gasteiger partial charge in [0.1, 0.15) is 5.75 Å². The highest BCUT2D eigenvalue weighted by Gasteiger charge is 2.29. The van der Waals surface area contributed by atoms with E-state index in [0.29, 0.717) is 23.1 Å². The Kier molecular flexibility index (Phi) is 5.23. The van der Waals surface area contributed by atoms with Gasteiger partial charge >= 0.3 is 0 Å². The largest absolute Gasteiger partial charge is 0.508 e. The van der Waals surface area contributed by atoms with E-state index in [1.54, 1.807) is 25.1 Å². The molecule has 0 aromatic heterocycles. The average molecular weight is 290 g/mol. The zero-order chi connectivity index (χ0) is 15.4. The molecular formula is C17H26N2O2. The standard InChI is InChI=1S/C17H26N2O2/c1-4-9-18-15-8-10-19(11-12(15)2)17(21)14-6-5-7-16(20)13(14)3/h5-7,12,15,18,20H,4,8-11H2,1-3H3. The number of benzene rings is 1. The maximum atomic E-state index is 12.6. The van der Waals surface area contributed by atoms with Crippen LogP contribution < -0.4 is 5.32 Å². The summed E-state index contributed by atoms with van der Waals surface area (Å²) >= 11 is 0. The summed E-state index contributed by atoms with van der Waals surface area (Å²) in [6, 6.07) is 5.65. The van der Waals surface area contributed by atoms with Gasteiger partial charge in [-0.2, -0.15) is 0 Å². The Balaban J connectivity index is 2.04. The number of nitrogens with zero attached hydrogens (tertiary/aromatic N) is 1. The molecule has 1 aliphatic heterocycles. The van der Waals surface area contributed by atoms with Crippen LogP contribution in [0.1, 0.15) is 42.6 Å². The van der Waals surface area contributed by atoms with Crippen LogP contribution in [0.3, 0.4) is 0 Å². The lowest BCUT2D eigenvalue weighted by Crippen LogP contribution is -2.50. The van der Waals surface area contributed by atoms with Crippen molar-refractivity contribution >= 4 is 5.91 Å². The van der Waals surface area contributed by atoms with Gasteiger partial charge in [-0.05, 0) is 44.4 Å². The molecule has 1 aromatic rings. The van der Waals surface area contributed by atoms with Crippen LogP contribution in [0.4, 0.5) is 0 Å². The summed E-state index contributed by atoms with van der Waals surface area (Å²) < 4.78 is 0. The molecule has 0 bridgehead atoms. The van der Waals surface area contributed by atoms with Crippen molar-refractivity contribution in [1.82, 2.24) is 10.2 Å². The van der Waals surface area contributed by atoms with E-state index in [4.69, 9.17) is 0 Å². The number of likely N-dealkylation sites (tertiary alicyclic amines) is 1. The smallest absolute Gasteiger partial charge is 0.254 e. The quantitative estimate of drug-likeness (QED) is 0.896. The molecule has 4 heteroatoms. The molecule has 1 saturated heterocycles. The molecule has 1 aromatic carbocycles. The fourth-order valence-corrected chi connectivity index (χ4v) is 2.99. The predicted molar refractivity (Wildman–Crippen MR) is 84.6 cm³/mol. The number of carbonyl (C=O) groups excluding carboxylic acids is 1. The third kappa shape index (κ3) is 3.56. The highest BCUT2D eigenvalue weighted by molar-refractivity contribution is 5.96. The van der Waals surface area contributed by atoms with Crippen LogP contribution >= 0.6 is 0 Å². The second-order valence-electron chi connectivity index (χ2n) is 6.03. The zero-order valence-electron chi connectivity index (χ0n) is 13.2. The number of aromatic hydroxyl groups is 1. The van der Waals surface area contributed by atoms with E-state index in [9.17, 15) is 9.90 Å². The maximum Gasteiger partial charge on any atom is 0.254 e. The molecule has 2 unspecified atom stereocenters. The number of amides is 1. The zero-order valence-corrected chi connectivity index (χ0v) is 13.2. The van der Waals surface area contributed by atoms with Crippen molar-refractivity contribution in [1.29, 1.82) is 0 Å². The van der Waals surface area contributed by atoms with Crippen LogP contribution in [0.25, 0.3) is 0 Å². The third-order valence-electron chi connectivity index (χ3n) is 4.38. The number of phenols is 1. The SMILES string of the molecule is CCCNC1CCN(C(=O)c2cccc(O)c2C)CC1C. The van der Waals surface area contributed by atoms with Gasteiger partial charge < -0.3 is 15.3 Å². The minimum Gasteiger partial charge on any atom is -0.508 e. The minimum absolute atomic E-state index is 0.0317. The van der Waals surface area contributed by atoms with Crippen LogP contribution in [-0.4, -0.2) is 41.6 Å². The number of hydrogen-bond donors (Lipinski definition) is 2. The molecule has 1 aliphatic rings. The fraction of sp³-hybridized carbons (Fsp3) is 0.588. The van der Waals surface area contributed by atoms with Gasteiger partial charge in [-0.15, -0.1) is 0 Å². The van der Waals surface area contributed by atoms with Crippen LogP contribution in [0.5, 0.6) is 5.75 Å².